The van der Waals surface area contributed by atoms with Gasteiger partial charge in [0.15, 0.2) is 0 Å². The van der Waals surface area contributed by atoms with E-state index in [1.54, 1.807) is 24.3 Å². The fourth-order valence-corrected chi connectivity index (χ4v) is 2.89. The number of ether oxygens (including phenoxy) is 1. The van der Waals surface area contributed by atoms with E-state index in [4.69, 9.17) is 4.74 Å². The summed E-state index contributed by atoms with van der Waals surface area (Å²) in [5, 5.41) is 5.18. The molecule has 0 spiro atoms. The molecule has 32 heavy (non-hydrogen) atoms. The van der Waals surface area contributed by atoms with Crippen LogP contribution < -0.4 is 15.4 Å². The van der Waals surface area contributed by atoms with Gasteiger partial charge in [-0.2, -0.15) is 13.2 Å². The normalized spacial score (nSPS) is 11.2. The number of benzene rings is 3. The smallest absolute Gasteiger partial charge is 0.416 e. The highest BCUT2D eigenvalue weighted by atomic mass is 19.4. The lowest BCUT2D eigenvalue weighted by Gasteiger charge is -2.14. The molecule has 2 amide bonds. The van der Waals surface area contributed by atoms with Gasteiger partial charge in [0, 0.05) is 16.9 Å². The Balaban J connectivity index is 1.68. The Bertz CT molecular complexity index is 1110. The van der Waals surface area contributed by atoms with Gasteiger partial charge in [-0.1, -0.05) is 18.2 Å². The second-order valence-corrected chi connectivity index (χ2v) is 7.23. The summed E-state index contributed by atoms with van der Waals surface area (Å²) in [7, 11) is 0. The fourth-order valence-electron chi connectivity index (χ4n) is 2.89. The number of hydrogen-bond acceptors (Lipinski definition) is 3. The van der Waals surface area contributed by atoms with E-state index in [0.717, 1.165) is 12.1 Å². The first-order chi connectivity index (χ1) is 15.1. The molecule has 0 radical (unpaired) electrons. The highest BCUT2D eigenvalue weighted by Gasteiger charge is 2.30. The van der Waals surface area contributed by atoms with Gasteiger partial charge in [-0.25, -0.2) is 0 Å². The molecule has 2 N–H and O–H groups in total. The van der Waals surface area contributed by atoms with Crippen LogP contribution in [0.1, 0.15) is 40.1 Å². The molecule has 0 aliphatic heterocycles. The van der Waals surface area contributed by atoms with E-state index in [9.17, 15) is 22.8 Å². The second-order valence-electron chi connectivity index (χ2n) is 7.23. The Labute approximate surface area is 183 Å². The molecule has 0 aromatic heterocycles. The van der Waals surface area contributed by atoms with Crippen LogP contribution in [0.15, 0.2) is 72.8 Å². The van der Waals surface area contributed by atoms with Crippen molar-refractivity contribution in [1.82, 2.24) is 0 Å². The molecular weight excluding hydrogens is 421 g/mol. The average Bonchev–Trinajstić information content (AvgIpc) is 2.73. The third kappa shape index (κ3) is 5.87. The van der Waals surface area contributed by atoms with Crippen molar-refractivity contribution < 1.29 is 27.5 Å². The van der Waals surface area contributed by atoms with Gasteiger partial charge in [-0.3, -0.25) is 9.59 Å². The average molecular weight is 442 g/mol. The molecule has 5 nitrogen and oxygen atoms in total. The Morgan fingerprint density at radius 3 is 2.12 bits per heavy atom. The first-order valence-corrected chi connectivity index (χ1v) is 9.79. The van der Waals surface area contributed by atoms with Gasteiger partial charge in [-0.15, -0.1) is 0 Å². The van der Waals surface area contributed by atoms with Crippen LogP contribution in [0.4, 0.5) is 24.5 Å². The third-order valence-electron chi connectivity index (χ3n) is 4.35. The summed E-state index contributed by atoms with van der Waals surface area (Å²) in [5.74, 6) is -0.489. The number of carbonyl (C=O) groups excluding carboxylic acids is 2. The predicted octanol–water partition coefficient (Wildman–Crippen LogP) is 6.00. The maximum Gasteiger partial charge on any atom is 0.416 e. The summed E-state index contributed by atoms with van der Waals surface area (Å²) in [6, 6.07) is 17.2. The Hall–Kier alpha value is -3.81. The molecule has 166 valence electrons. The zero-order chi connectivity index (χ0) is 23.3. The van der Waals surface area contributed by atoms with Crippen molar-refractivity contribution in [2.75, 3.05) is 10.6 Å². The van der Waals surface area contributed by atoms with Crippen molar-refractivity contribution in [3.8, 4) is 5.75 Å². The maximum absolute atomic E-state index is 12.8. The number of rotatable bonds is 6. The molecule has 0 heterocycles. The van der Waals surface area contributed by atoms with Crippen molar-refractivity contribution in [1.29, 1.82) is 0 Å². The van der Waals surface area contributed by atoms with Crippen LogP contribution in [0.3, 0.4) is 0 Å². The highest BCUT2D eigenvalue weighted by molar-refractivity contribution is 6.07. The summed E-state index contributed by atoms with van der Waals surface area (Å²) in [6.07, 6.45) is -4.60. The van der Waals surface area contributed by atoms with Gasteiger partial charge in [0.25, 0.3) is 11.8 Å². The molecule has 3 aromatic carbocycles. The van der Waals surface area contributed by atoms with E-state index in [0.29, 0.717) is 17.0 Å². The van der Waals surface area contributed by atoms with Gasteiger partial charge in [0.05, 0.1) is 17.2 Å². The number of anilines is 2. The van der Waals surface area contributed by atoms with Gasteiger partial charge in [0.1, 0.15) is 5.75 Å². The van der Waals surface area contributed by atoms with E-state index in [2.05, 4.69) is 10.6 Å². The monoisotopic (exact) mass is 442 g/mol. The second kappa shape index (κ2) is 9.55. The number of halogens is 3. The standard InChI is InChI=1S/C24H21F3N2O3/c1-15(2)32-21-9-4-3-8-20(21)23(31)28-18-12-10-16(11-13-18)22(30)29-19-7-5-6-17(14-19)24(25,26)27/h3-15H,1-2H3,(H,28,31)(H,29,30). The van der Waals surface area contributed by atoms with Crippen LogP contribution in [0.5, 0.6) is 5.75 Å². The van der Waals surface area contributed by atoms with E-state index < -0.39 is 17.6 Å². The van der Waals surface area contributed by atoms with Gasteiger partial charge >= 0.3 is 6.18 Å². The highest BCUT2D eigenvalue weighted by Crippen LogP contribution is 2.30. The number of para-hydroxylation sites is 1. The molecule has 0 atom stereocenters. The van der Waals surface area contributed by atoms with Crippen molar-refractivity contribution in [3.05, 3.63) is 89.5 Å². The minimum absolute atomic E-state index is 0.0314. The molecule has 3 aromatic rings. The van der Waals surface area contributed by atoms with Crippen LogP contribution in [-0.2, 0) is 6.18 Å². The van der Waals surface area contributed by atoms with E-state index in [-0.39, 0.29) is 23.3 Å². The van der Waals surface area contributed by atoms with Crippen LogP contribution in [0.2, 0.25) is 0 Å². The maximum atomic E-state index is 12.8. The number of amides is 2. The lowest BCUT2D eigenvalue weighted by Crippen LogP contribution is -2.16. The summed E-state index contributed by atoms with van der Waals surface area (Å²) in [6.45, 7) is 3.72. The van der Waals surface area contributed by atoms with Gasteiger partial charge in [-0.05, 0) is 68.4 Å². The summed E-state index contributed by atoms with van der Waals surface area (Å²) >= 11 is 0. The summed E-state index contributed by atoms with van der Waals surface area (Å²) in [5.41, 5.74) is 0.223. The molecule has 0 saturated carbocycles. The SMILES string of the molecule is CC(C)Oc1ccccc1C(=O)Nc1ccc(C(=O)Nc2cccc(C(F)(F)F)c2)cc1. The molecular formula is C24H21F3N2O3. The molecule has 8 heteroatoms. The van der Waals surface area contributed by atoms with Crippen LogP contribution in [0, 0.1) is 0 Å². The number of nitrogens with one attached hydrogen (secondary N) is 2. The zero-order valence-corrected chi connectivity index (χ0v) is 17.4. The fraction of sp³-hybridized carbons (Fsp3) is 0.167. The van der Waals surface area contributed by atoms with Crippen molar-refractivity contribution in [2.45, 2.75) is 26.1 Å². The van der Waals surface area contributed by atoms with Crippen LogP contribution in [-0.4, -0.2) is 17.9 Å². The first kappa shape index (κ1) is 22.9. The number of hydrogen-bond donors (Lipinski definition) is 2. The van der Waals surface area contributed by atoms with Crippen LogP contribution >= 0.6 is 0 Å². The molecule has 0 saturated heterocycles. The minimum atomic E-state index is -4.50. The molecule has 0 fully saturated rings. The minimum Gasteiger partial charge on any atom is -0.490 e. The largest absolute Gasteiger partial charge is 0.490 e. The van der Waals surface area contributed by atoms with E-state index >= 15 is 0 Å². The third-order valence-corrected chi connectivity index (χ3v) is 4.35. The Kier molecular flexibility index (Phi) is 6.82. The number of alkyl halides is 3. The van der Waals surface area contributed by atoms with Crippen molar-refractivity contribution in [2.24, 2.45) is 0 Å². The summed E-state index contributed by atoms with van der Waals surface area (Å²) < 4.78 is 44.2. The molecule has 0 aliphatic rings. The van der Waals surface area contributed by atoms with Gasteiger partial charge in [0.2, 0.25) is 0 Å². The van der Waals surface area contributed by atoms with E-state index in [1.807, 2.05) is 13.8 Å². The lowest BCUT2D eigenvalue weighted by atomic mass is 10.1. The van der Waals surface area contributed by atoms with Crippen LogP contribution in [0.25, 0.3) is 0 Å². The molecule has 0 unspecified atom stereocenters. The first-order valence-electron chi connectivity index (χ1n) is 9.79. The van der Waals surface area contributed by atoms with Crippen molar-refractivity contribution >= 4 is 23.2 Å². The topological polar surface area (TPSA) is 67.4 Å². The van der Waals surface area contributed by atoms with E-state index in [1.165, 1.54) is 36.4 Å². The van der Waals surface area contributed by atoms with Gasteiger partial charge < -0.3 is 15.4 Å². The molecule has 0 aliphatic carbocycles. The molecule has 3 rings (SSSR count). The summed E-state index contributed by atoms with van der Waals surface area (Å²) in [4.78, 5) is 25.0. The molecule has 0 bridgehead atoms. The Morgan fingerprint density at radius 2 is 1.47 bits per heavy atom. The van der Waals surface area contributed by atoms with Crippen molar-refractivity contribution in [3.63, 3.8) is 0 Å². The zero-order valence-electron chi connectivity index (χ0n) is 17.4. The lowest BCUT2D eigenvalue weighted by molar-refractivity contribution is -0.137. The predicted molar refractivity (Wildman–Crippen MR) is 116 cm³/mol. The quantitative estimate of drug-likeness (QED) is 0.492. The number of carbonyl (C=O) groups is 2. The Morgan fingerprint density at radius 1 is 0.812 bits per heavy atom.